The van der Waals surface area contributed by atoms with Gasteiger partial charge in [0.25, 0.3) is 0 Å². The van der Waals surface area contributed by atoms with Crippen molar-refractivity contribution < 1.29 is 5.11 Å². The molecule has 1 N–H and O–H groups in total. The Kier molecular flexibility index (Phi) is 4.69. The van der Waals surface area contributed by atoms with Crippen LogP contribution in [0.25, 0.3) is 0 Å². The Hall–Kier alpha value is -1.34. The lowest BCUT2D eigenvalue weighted by Crippen LogP contribution is -2.52. The fourth-order valence-electron chi connectivity index (χ4n) is 10.5. The van der Waals surface area contributed by atoms with Crippen molar-refractivity contribution in [2.45, 2.75) is 84.8 Å². The Bertz CT molecular complexity index is 929. The van der Waals surface area contributed by atoms with Crippen LogP contribution in [-0.2, 0) is 6.54 Å². The largest absolute Gasteiger partial charge is 0.390 e. The average Bonchev–Trinajstić information content (AvgIpc) is 3.09. The van der Waals surface area contributed by atoms with Crippen LogP contribution < -0.4 is 0 Å². The summed E-state index contributed by atoms with van der Waals surface area (Å²) in [5.74, 6) is 8.49. The highest BCUT2D eigenvalue weighted by Crippen LogP contribution is 2.78. The van der Waals surface area contributed by atoms with E-state index in [4.69, 9.17) is 0 Å². The minimum atomic E-state index is -0.418. The van der Waals surface area contributed by atoms with Crippen LogP contribution in [0.2, 0.25) is 0 Å². The smallest absolute Gasteiger partial charge is 0.102 e. The van der Waals surface area contributed by atoms with Crippen molar-refractivity contribution in [3.8, 4) is 6.07 Å². The van der Waals surface area contributed by atoms with Crippen molar-refractivity contribution in [1.82, 2.24) is 9.78 Å². The summed E-state index contributed by atoms with van der Waals surface area (Å²) < 4.78 is 2.02. The van der Waals surface area contributed by atoms with Gasteiger partial charge in [-0.1, -0.05) is 20.8 Å². The number of nitrogens with zero attached hydrogens (tertiary/aromatic N) is 3. The van der Waals surface area contributed by atoms with Gasteiger partial charge in [0.05, 0.1) is 17.4 Å². The molecule has 32 heavy (non-hydrogen) atoms. The molecule has 0 saturated heterocycles. The van der Waals surface area contributed by atoms with Gasteiger partial charge < -0.3 is 5.11 Å². The summed E-state index contributed by atoms with van der Waals surface area (Å²) in [6.07, 6.45) is 12.5. The average molecular weight is 436 g/mol. The zero-order valence-electron chi connectivity index (χ0n) is 20.4. The van der Waals surface area contributed by atoms with Gasteiger partial charge in [0.1, 0.15) is 6.07 Å². The molecule has 0 aromatic carbocycles. The monoisotopic (exact) mass is 435 g/mol. The van der Waals surface area contributed by atoms with E-state index in [1.54, 1.807) is 6.20 Å². The molecule has 1 aromatic rings. The van der Waals surface area contributed by atoms with E-state index in [1.165, 1.54) is 32.1 Å². The summed E-state index contributed by atoms with van der Waals surface area (Å²) in [5.41, 5.74) is 0.730. The maximum absolute atomic E-state index is 10.7. The first kappa shape index (κ1) is 21.2. The minimum absolute atomic E-state index is 0.418. The van der Waals surface area contributed by atoms with Crippen LogP contribution in [0.5, 0.6) is 0 Å². The predicted molar refractivity (Wildman–Crippen MR) is 124 cm³/mol. The maximum Gasteiger partial charge on any atom is 0.102 e. The van der Waals surface area contributed by atoms with Crippen molar-refractivity contribution in [1.29, 1.82) is 5.26 Å². The highest BCUT2D eigenvalue weighted by atomic mass is 16.3. The molecule has 5 fully saturated rings. The number of hydrogen-bond donors (Lipinski definition) is 1. The lowest BCUT2D eigenvalue weighted by molar-refractivity contribution is -0.114. The van der Waals surface area contributed by atoms with Crippen molar-refractivity contribution in [2.24, 2.45) is 64.6 Å². The molecule has 0 unspecified atom stereocenters. The van der Waals surface area contributed by atoms with Gasteiger partial charge in [-0.3, -0.25) is 4.68 Å². The van der Waals surface area contributed by atoms with Crippen molar-refractivity contribution >= 4 is 0 Å². The number of aliphatic hydroxyl groups is 1. The molecule has 0 bridgehead atoms. The summed E-state index contributed by atoms with van der Waals surface area (Å²) >= 11 is 0. The Balaban J connectivity index is 1.24. The first-order valence-electron chi connectivity index (χ1n) is 13.4. The molecular weight excluding hydrogens is 394 g/mol. The van der Waals surface area contributed by atoms with Gasteiger partial charge in [0.2, 0.25) is 0 Å². The number of hydrogen-bond acceptors (Lipinski definition) is 3. The fraction of sp³-hybridized carbons (Fsp3) is 0.857. The minimum Gasteiger partial charge on any atom is -0.390 e. The normalized spacial score (nSPS) is 52.2. The Morgan fingerprint density at radius 3 is 2.69 bits per heavy atom. The van der Waals surface area contributed by atoms with Gasteiger partial charge in [-0.25, -0.2) is 0 Å². The molecule has 5 saturated carbocycles. The molecule has 1 heterocycles. The van der Waals surface area contributed by atoms with E-state index in [1.807, 2.05) is 10.9 Å². The summed E-state index contributed by atoms with van der Waals surface area (Å²) in [7, 11) is 0. The topological polar surface area (TPSA) is 61.8 Å². The molecule has 0 amide bonds. The molecule has 174 valence electrons. The van der Waals surface area contributed by atoms with E-state index in [0.29, 0.717) is 16.9 Å². The predicted octanol–water partition coefficient (Wildman–Crippen LogP) is 5.51. The van der Waals surface area contributed by atoms with Crippen LogP contribution in [0, 0.1) is 75.9 Å². The Morgan fingerprint density at radius 1 is 1.16 bits per heavy atom. The number of fused-ring (bicyclic) bond motifs is 7. The third kappa shape index (κ3) is 2.99. The van der Waals surface area contributed by atoms with Crippen LogP contribution in [0.3, 0.4) is 0 Å². The summed E-state index contributed by atoms with van der Waals surface area (Å²) in [6, 6.07) is 2.23. The lowest BCUT2D eigenvalue weighted by Gasteiger charge is -2.58. The lowest BCUT2D eigenvalue weighted by atomic mass is 9.47. The van der Waals surface area contributed by atoms with E-state index >= 15 is 0 Å². The third-order valence-corrected chi connectivity index (χ3v) is 11.5. The highest BCUT2D eigenvalue weighted by molar-refractivity contribution is 5.22. The van der Waals surface area contributed by atoms with E-state index < -0.39 is 5.60 Å². The summed E-state index contributed by atoms with van der Waals surface area (Å²) in [5, 5.41) is 24.4. The molecule has 5 aliphatic carbocycles. The quantitative estimate of drug-likeness (QED) is 0.681. The summed E-state index contributed by atoms with van der Waals surface area (Å²) in [4.78, 5) is 0. The Labute approximate surface area is 193 Å². The van der Waals surface area contributed by atoms with Crippen LogP contribution in [-0.4, -0.2) is 20.5 Å². The molecule has 6 rings (SSSR count). The summed E-state index contributed by atoms with van der Waals surface area (Å²) in [6.45, 7) is 10.7. The van der Waals surface area contributed by atoms with Gasteiger partial charge in [0, 0.05) is 12.7 Å². The maximum atomic E-state index is 10.7. The number of aromatic nitrogens is 2. The zero-order valence-corrected chi connectivity index (χ0v) is 20.4. The Morgan fingerprint density at radius 2 is 1.94 bits per heavy atom. The second kappa shape index (κ2) is 7.08. The van der Waals surface area contributed by atoms with E-state index in [2.05, 4.69) is 38.9 Å². The third-order valence-electron chi connectivity index (χ3n) is 11.5. The second-order valence-electron chi connectivity index (χ2n) is 13.2. The number of nitriles is 1. The molecule has 1 aromatic heterocycles. The van der Waals surface area contributed by atoms with Crippen LogP contribution in [0.15, 0.2) is 12.4 Å². The molecule has 4 nitrogen and oxygen atoms in total. The second-order valence-corrected chi connectivity index (χ2v) is 13.2. The molecular formula is C28H41N3O. The van der Waals surface area contributed by atoms with Crippen molar-refractivity contribution in [2.75, 3.05) is 0 Å². The molecule has 12 atom stereocenters. The van der Waals surface area contributed by atoms with E-state index in [-0.39, 0.29) is 0 Å². The fourth-order valence-corrected chi connectivity index (χ4v) is 10.5. The van der Waals surface area contributed by atoms with Gasteiger partial charge in [0.15, 0.2) is 0 Å². The SMILES string of the molecule is C[C@H]1[C@@H]2[C@H]1[C@H]([C@@H](C)Cn1cc(C#N)cn1)[C@@]1(C)CC[C@H]3[C@@H](CC[C@@H]4C[C@](C)(O)CC[C@@H]43)[C@H]21. The standard InChI is InChI=1S/C28H41N3O/c1-16(14-31-15-18(12-29)13-30-31)25-23-17(2)24(23)26-22-6-5-19-11-27(3,32)9-7-20(19)21(22)8-10-28(25,26)4/h13,15-17,19-26,32H,5-11,14H2,1-4H3/t16-,17+,19+,20-,21+,22+,23-,24+,25-,26+,27+,28+/m0/s1. The van der Waals surface area contributed by atoms with Gasteiger partial charge in [-0.2, -0.15) is 10.4 Å². The van der Waals surface area contributed by atoms with Gasteiger partial charge >= 0.3 is 0 Å². The molecule has 5 aliphatic rings. The molecule has 4 heteroatoms. The van der Waals surface area contributed by atoms with Crippen LogP contribution >= 0.6 is 0 Å². The van der Waals surface area contributed by atoms with E-state index in [9.17, 15) is 10.4 Å². The molecule has 0 aliphatic heterocycles. The van der Waals surface area contributed by atoms with E-state index in [0.717, 1.165) is 72.6 Å². The van der Waals surface area contributed by atoms with Crippen LogP contribution in [0.1, 0.15) is 78.2 Å². The van der Waals surface area contributed by atoms with Crippen LogP contribution in [0.4, 0.5) is 0 Å². The first-order valence-corrected chi connectivity index (χ1v) is 13.4. The number of rotatable bonds is 3. The van der Waals surface area contributed by atoms with Gasteiger partial charge in [-0.05, 0) is 116 Å². The molecule has 0 radical (unpaired) electrons. The highest BCUT2D eigenvalue weighted by Gasteiger charge is 2.73. The zero-order chi connectivity index (χ0) is 22.4. The van der Waals surface area contributed by atoms with Gasteiger partial charge in [-0.15, -0.1) is 0 Å². The van der Waals surface area contributed by atoms with Crippen molar-refractivity contribution in [3.05, 3.63) is 18.0 Å². The molecule has 0 spiro atoms. The first-order chi connectivity index (χ1) is 15.2. The van der Waals surface area contributed by atoms with Crippen molar-refractivity contribution in [3.63, 3.8) is 0 Å².